The van der Waals surface area contributed by atoms with Crippen molar-refractivity contribution in [1.29, 1.82) is 0 Å². The monoisotopic (exact) mass is 398 g/mol. The molecule has 0 fully saturated rings. The number of sulfone groups is 1. The van der Waals surface area contributed by atoms with Gasteiger partial charge in [-0.3, -0.25) is 4.79 Å². The third-order valence-electron chi connectivity index (χ3n) is 4.33. The van der Waals surface area contributed by atoms with E-state index < -0.39 is 15.7 Å². The van der Waals surface area contributed by atoms with Crippen molar-refractivity contribution in [3.8, 4) is 11.1 Å². The van der Waals surface area contributed by atoms with Crippen LogP contribution in [0.2, 0.25) is 0 Å². The van der Waals surface area contributed by atoms with E-state index in [1.165, 1.54) is 36.4 Å². The predicted octanol–water partition coefficient (Wildman–Crippen LogP) is 4.12. The lowest BCUT2D eigenvalue weighted by Gasteiger charge is -2.11. The number of nitrogens with one attached hydrogen (secondary N) is 1. The minimum atomic E-state index is -3.32. The number of anilines is 2. The third-order valence-corrected chi connectivity index (χ3v) is 6.09. The average molecular weight is 398 g/mol. The average Bonchev–Trinajstić information content (AvgIpc) is 2.70. The Hall–Kier alpha value is -3.19. The van der Waals surface area contributed by atoms with E-state index in [9.17, 15) is 17.6 Å². The van der Waals surface area contributed by atoms with Crippen LogP contribution in [0, 0.1) is 5.82 Å². The number of nitrogens with two attached hydrogens (primary N) is 1. The lowest BCUT2D eigenvalue weighted by molar-refractivity contribution is 0.102. The Morgan fingerprint density at radius 1 is 0.964 bits per heavy atom. The van der Waals surface area contributed by atoms with Crippen LogP contribution in [0.3, 0.4) is 0 Å². The molecule has 144 valence electrons. The Balaban J connectivity index is 1.84. The molecule has 0 saturated heterocycles. The SMILES string of the molecule is CCS(=O)(=O)c1ccc(C(=O)Nc2cc(-c3ccc(F)cc3)ccc2N)cc1. The molecule has 0 heterocycles. The largest absolute Gasteiger partial charge is 0.397 e. The molecular weight excluding hydrogens is 379 g/mol. The van der Waals surface area contributed by atoms with E-state index >= 15 is 0 Å². The highest BCUT2D eigenvalue weighted by Crippen LogP contribution is 2.28. The van der Waals surface area contributed by atoms with Gasteiger partial charge in [0, 0.05) is 5.56 Å². The van der Waals surface area contributed by atoms with E-state index in [2.05, 4.69) is 5.32 Å². The number of benzene rings is 3. The molecule has 3 aromatic rings. The fraction of sp³-hybridized carbons (Fsp3) is 0.0952. The molecule has 0 aliphatic carbocycles. The normalized spacial score (nSPS) is 11.2. The van der Waals surface area contributed by atoms with Gasteiger partial charge in [-0.15, -0.1) is 0 Å². The number of amides is 1. The highest BCUT2D eigenvalue weighted by molar-refractivity contribution is 7.91. The van der Waals surface area contributed by atoms with Crippen molar-refractivity contribution in [2.75, 3.05) is 16.8 Å². The highest BCUT2D eigenvalue weighted by atomic mass is 32.2. The molecule has 0 spiro atoms. The molecular formula is C21H19FN2O3S. The molecule has 28 heavy (non-hydrogen) atoms. The Bertz CT molecular complexity index is 1110. The molecule has 5 nitrogen and oxygen atoms in total. The van der Waals surface area contributed by atoms with E-state index in [0.29, 0.717) is 16.9 Å². The molecule has 3 N–H and O–H groups in total. The first-order valence-electron chi connectivity index (χ1n) is 8.60. The molecule has 0 bridgehead atoms. The maximum absolute atomic E-state index is 13.1. The standard InChI is InChI=1S/C21H19FN2O3S/c1-2-28(26,27)18-10-5-15(6-11-18)21(25)24-20-13-16(7-12-19(20)23)14-3-8-17(22)9-4-14/h3-13H,2,23H2,1H3,(H,24,25). The first kappa shape index (κ1) is 19.6. The Morgan fingerprint density at radius 2 is 1.57 bits per heavy atom. The van der Waals surface area contributed by atoms with Crippen LogP contribution in [0.1, 0.15) is 17.3 Å². The number of rotatable bonds is 5. The van der Waals surface area contributed by atoms with Crippen molar-refractivity contribution in [2.45, 2.75) is 11.8 Å². The summed E-state index contributed by atoms with van der Waals surface area (Å²) in [5, 5.41) is 2.73. The summed E-state index contributed by atoms with van der Waals surface area (Å²) in [5.41, 5.74) is 8.62. The summed E-state index contributed by atoms with van der Waals surface area (Å²) in [7, 11) is -3.32. The second-order valence-corrected chi connectivity index (χ2v) is 8.47. The van der Waals surface area contributed by atoms with E-state index in [1.54, 1.807) is 37.3 Å². The molecule has 0 aromatic heterocycles. The molecule has 0 aliphatic rings. The molecule has 0 saturated carbocycles. The topological polar surface area (TPSA) is 89.3 Å². The van der Waals surface area contributed by atoms with Gasteiger partial charge in [-0.05, 0) is 59.7 Å². The summed E-state index contributed by atoms with van der Waals surface area (Å²) in [6.07, 6.45) is 0. The summed E-state index contributed by atoms with van der Waals surface area (Å²) in [4.78, 5) is 12.7. The molecule has 3 rings (SSSR count). The Kier molecular flexibility index (Phi) is 5.46. The van der Waals surface area contributed by atoms with Gasteiger partial charge in [0.2, 0.25) is 0 Å². The second kappa shape index (κ2) is 7.82. The summed E-state index contributed by atoms with van der Waals surface area (Å²) >= 11 is 0. The van der Waals surface area contributed by atoms with Crippen molar-refractivity contribution in [3.63, 3.8) is 0 Å². The van der Waals surface area contributed by atoms with Crippen LogP contribution >= 0.6 is 0 Å². The van der Waals surface area contributed by atoms with Gasteiger partial charge in [-0.2, -0.15) is 0 Å². The van der Waals surface area contributed by atoms with Gasteiger partial charge in [0.15, 0.2) is 9.84 Å². The van der Waals surface area contributed by atoms with Crippen molar-refractivity contribution < 1.29 is 17.6 Å². The van der Waals surface area contributed by atoms with E-state index in [0.717, 1.165) is 11.1 Å². The van der Waals surface area contributed by atoms with Crippen LogP contribution in [0.15, 0.2) is 71.6 Å². The zero-order chi connectivity index (χ0) is 20.3. The number of carbonyl (C=O) groups excluding carboxylic acids is 1. The smallest absolute Gasteiger partial charge is 0.255 e. The van der Waals surface area contributed by atoms with Gasteiger partial charge >= 0.3 is 0 Å². The number of halogens is 1. The number of nitrogen functional groups attached to an aromatic ring is 1. The lowest BCUT2D eigenvalue weighted by atomic mass is 10.0. The van der Waals surface area contributed by atoms with Crippen LogP contribution in [0.25, 0.3) is 11.1 Å². The van der Waals surface area contributed by atoms with Crippen LogP contribution in [-0.2, 0) is 9.84 Å². The quantitative estimate of drug-likeness (QED) is 0.633. The molecule has 0 atom stereocenters. The fourth-order valence-corrected chi connectivity index (χ4v) is 3.55. The molecule has 0 unspecified atom stereocenters. The summed E-state index contributed by atoms with van der Waals surface area (Å²) < 4.78 is 36.9. The molecule has 0 radical (unpaired) electrons. The first-order chi connectivity index (χ1) is 13.3. The van der Waals surface area contributed by atoms with Crippen LogP contribution in [0.4, 0.5) is 15.8 Å². The minimum Gasteiger partial charge on any atom is -0.397 e. The van der Waals surface area contributed by atoms with Gasteiger partial charge in [0.1, 0.15) is 5.82 Å². The lowest BCUT2D eigenvalue weighted by Crippen LogP contribution is -2.13. The zero-order valence-electron chi connectivity index (χ0n) is 15.1. The summed E-state index contributed by atoms with van der Waals surface area (Å²) in [6.45, 7) is 1.56. The van der Waals surface area contributed by atoms with Gasteiger partial charge in [0.25, 0.3) is 5.91 Å². The molecule has 7 heteroatoms. The third kappa shape index (κ3) is 4.20. The fourth-order valence-electron chi connectivity index (χ4n) is 2.66. The number of hydrogen-bond acceptors (Lipinski definition) is 4. The molecule has 0 aliphatic heterocycles. The van der Waals surface area contributed by atoms with Gasteiger partial charge in [0.05, 0.1) is 22.0 Å². The number of carbonyl (C=O) groups is 1. The van der Waals surface area contributed by atoms with Crippen molar-refractivity contribution >= 4 is 27.1 Å². The van der Waals surface area contributed by atoms with Gasteiger partial charge in [-0.25, -0.2) is 12.8 Å². The number of hydrogen-bond donors (Lipinski definition) is 2. The van der Waals surface area contributed by atoms with E-state index in [4.69, 9.17) is 5.73 Å². The summed E-state index contributed by atoms with van der Waals surface area (Å²) in [6, 6.07) is 16.9. The zero-order valence-corrected chi connectivity index (χ0v) is 16.0. The predicted molar refractivity (Wildman–Crippen MR) is 108 cm³/mol. The van der Waals surface area contributed by atoms with Gasteiger partial charge in [-0.1, -0.05) is 25.1 Å². The van der Waals surface area contributed by atoms with Crippen LogP contribution in [0.5, 0.6) is 0 Å². The van der Waals surface area contributed by atoms with Crippen LogP contribution in [-0.4, -0.2) is 20.1 Å². The first-order valence-corrected chi connectivity index (χ1v) is 10.2. The Morgan fingerprint density at radius 3 is 2.18 bits per heavy atom. The summed E-state index contributed by atoms with van der Waals surface area (Å²) in [5.74, 6) is -0.754. The maximum Gasteiger partial charge on any atom is 0.255 e. The van der Waals surface area contributed by atoms with Crippen molar-refractivity contribution in [3.05, 3.63) is 78.1 Å². The minimum absolute atomic E-state index is 0.00868. The highest BCUT2D eigenvalue weighted by Gasteiger charge is 2.14. The van der Waals surface area contributed by atoms with E-state index in [1.807, 2.05) is 0 Å². The maximum atomic E-state index is 13.1. The van der Waals surface area contributed by atoms with Crippen molar-refractivity contribution in [2.24, 2.45) is 0 Å². The van der Waals surface area contributed by atoms with Gasteiger partial charge < -0.3 is 11.1 Å². The molecule has 3 aromatic carbocycles. The van der Waals surface area contributed by atoms with E-state index in [-0.39, 0.29) is 16.5 Å². The molecule has 1 amide bonds. The Labute approximate surface area is 162 Å². The second-order valence-electron chi connectivity index (χ2n) is 6.19. The van der Waals surface area contributed by atoms with Crippen LogP contribution < -0.4 is 11.1 Å². The van der Waals surface area contributed by atoms with Crippen molar-refractivity contribution in [1.82, 2.24) is 0 Å².